The third-order valence-corrected chi connectivity index (χ3v) is 6.53. The molecule has 2 aromatic rings. The molecule has 1 saturated heterocycles. The van der Waals surface area contributed by atoms with Crippen molar-refractivity contribution in [2.75, 3.05) is 17.7 Å². The van der Waals surface area contributed by atoms with Crippen molar-refractivity contribution in [3.8, 4) is 0 Å². The quantitative estimate of drug-likeness (QED) is 0.757. The van der Waals surface area contributed by atoms with Gasteiger partial charge in [-0.25, -0.2) is 9.79 Å². The standard InChI is InChI=1S/C24H26N6O2/c1-14-9-11-17(12-10-14)13-28-22(31)20-21(27(4)24(28)32)26-23-29(15(2)16(3)30(20)23)19-8-6-5-7-18(19)25/h5-12,20-21H,13,25H2,1-4H3. The fraction of sp³-hybridized carbons (Fsp3) is 0.292. The van der Waals surface area contributed by atoms with E-state index in [0.717, 1.165) is 28.2 Å². The van der Waals surface area contributed by atoms with Gasteiger partial charge in [0.05, 0.1) is 17.9 Å². The van der Waals surface area contributed by atoms with Crippen LogP contribution in [0.5, 0.6) is 0 Å². The molecule has 8 nitrogen and oxygen atoms in total. The largest absolute Gasteiger partial charge is 0.397 e. The minimum Gasteiger partial charge on any atom is -0.397 e. The summed E-state index contributed by atoms with van der Waals surface area (Å²) in [7, 11) is 1.70. The smallest absolute Gasteiger partial charge is 0.328 e. The van der Waals surface area contributed by atoms with E-state index < -0.39 is 12.2 Å². The molecule has 0 aromatic heterocycles. The molecule has 2 unspecified atom stereocenters. The van der Waals surface area contributed by atoms with E-state index in [0.29, 0.717) is 11.6 Å². The summed E-state index contributed by atoms with van der Waals surface area (Å²) in [5.74, 6) is 0.380. The molecule has 3 aliphatic rings. The first-order valence-corrected chi connectivity index (χ1v) is 10.6. The van der Waals surface area contributed by atoms with Gasteiger partial charge in [0.1, 0.15) is 0 Å². The number of benzene rings is 2. The molecule has 0 aliphatic carbocycles. The van der Waals surface area contributed by atoms with Crippen molar-refractivity contribution in [1.82, 2.24) is 14.7 Å². The number of urea groups is 1. The van der Waals surface area contributed by atoms with Crippen molar-refractivity contribution in [3.05, 3.63) is 71.1 Å². The van der Waals surface area contributed by atoms with E-state index in [9.17, 15) is 9.59 Å². The van der Waals surface area contributed by atoms with Gasteiger partial charge in [-0.2, -0.15) is 0 Å². The molecule has 0 spiro atoms. The van der Waals surface area contributed by atoms with Crippen molar-refractivity contribution < 1.29 is 9.59 Å². The van der Waals surface area contributed by atoms with E-state index in [2.05, 4.69) is 0 Å². The number of nitrogens with zero attached hydrogens (tertiary/aromatic N) is 5. The lowest BCUT2D eigenvalue weighted by Gasteiger charge is -2.40. The number of carbonyl (C=O) groups is 2. The topological polar surface area (TPSA) is 85.5 Å². The number of hydrogen-bond donors (Lipinski definition) is 1. The Balaban J connectivity index is 1.52. The minimum absolute atomic E-state index is 0.228. The molecule has 1 fully saturated rings. The highest BCUT2D eigenvalue weighted by atomic mass is 16.2. The summed E-state index contributed by atoms with van der Waals surface area (Å²) in [6.07, 6.45) is -0.588. The zero-order valence-corrected chi connectivity index (χ0v) is 18.6. The van der Waals surface area contributed by atoms with E-state index in [4.69, 9.17) is 10.7 Å². The van der Waals surface area contributed by atoms with Gasteiger partial charge in [0.2, 0.25) is 5.96 Å². The highest BCUT2D eigenvalue weighted by molar-refractivity contribution is 6.11. The highest BCUT2D eigenvalue weighted by Gasteiger charge is 2.56. The number of imide groups is 1. The van der Waals surface area contributed by atoms with Crippen molar-refractivity contribution in [1.29, 1.82) is 0 Å². The molecule has 0 bridgehead atoms. The second-order valence-corrected chi connectivity index (χ2v) is 8.53. The van der Waals surface area contributed by atoms with Crippen LogP contribution in [0.2, 0.25) is 0 Å². The Morgan fingerprint density at radius 3 is 2.34 bits per heavy atom. The van der Waals surface area contributed by atoms with Gasteiger partial charge in [0, 0.05) is 18.4 Å². The monoisotopic (exact) mass is 430 g/mol. The molecule has 164 valence electrons. The number of nitrogen functional groups attached to an aromatic ring is 1. The van der Waals surface area contributed by atoms with Crippen LogP contribution in [-0.2, 0) is 11.3 Å². The van der Waals surface area contributed by atoms with Gasteiger partial charge in [0.25, 0.3) is 5.91 Å². The van der Waals surface area contributed by atoms with Crippen molar-refractivity contribution in [2.45, 2.75) is 39.5 Å². The lowest BCUT2D eigenvalue weighted by atomic mass is 10.1. The maximum atomic E-state index is 13.6. The molecule has 32 heavy (non-hydrogen) atoms. The molecule has 2 atom stereocenters. The number of allylic oxidation sites excluding steroid dienone is 2. The molecular formula is C24H26N6O2. The molecular weight excluding hydrogens is 404 g/mol. The number of nitrogens with two attached hydrogens (primary N) is 1. The Morgan fingerprint density at radius 2 is 1.66 bits per heavy atom. The van der Waals surface area contributed by atoms with Crippen molar-refractivity contribution in [2.24, 2.45) is 4.99 Å². The van der Waals surface area contributed by atoms with Crippen LogP contribution in [-0.4, -0.2) is 51.9 Å². The number of aliphatic imine (C=N–C) groups is 1. The van der Waals surface area contributed by atoms with Crippen LogP contribution in [0.25, 0.3) is 0 Å². The predicted octanol–water partition coefficient (Wildman–Crippen LogP) is 3.11. The number of anilines is 2. The van der Waals surface area contributed by atoms with E-state index >= 15 is 0 Å². The lowest BCUT2D eigenvalue weighted by Crippen LogP contribution is -2.64. The second-order valence-electron chi connectivity index (χ2n) is 8.53. The third-order valence-electron chi connectivity index (χ3n) is 6.53. The minimum atomic E-state index is -0.608. The number of hydrogen-bond acceptors (Lipinski definition) is 6. The number of rotatable bonds is 3. The summed E-state index contributed by atoms with van der Waals surface area (Å²) in [5, 5.41) is 0. The molecule has 0 saturated carbocycles. The first-order chi connectivity index (χ1) is 15.3. The summed E-state index contributed by atoms with van der Waals surface area (Å²) in [5.41, 5.74) is 11.6. The zero-order chi connectivity index (χ0) is 22.7. The Labute approximate surface area is 187 Å². The Kier molecular flexibility index (Phi) is 4.47. The van der Waals surface area contributed by atoms with E-state index in [1.165, 1.54) is 4.90 Å². The summed E-state index contributed by atoms with van der Waals surface area (Å²) >= 11 is 0. The van der Waals surface area contributed by atoms with Crippen LogP contribution in [0.3, 0.4) is 0 Å². The third kappa shape index (κ3) is 2.79. The van der Waals surface area contributed by atoms with Crippen LogP contribution in [0.15, 0.2) is 64.9 Å². The van der Waals surface area contributed by atoms with Gasteiger partial charge >= 0.3 is 6.03 Å². The van der Waals surface area contributed by atoms with Crippen LogP contribution >= 0.6 is 0 Å². The van der Waals surface area contributed by atoms with E-state index in [1.54, 1.807) is 11.9 Å². The normalized spacial score (nSPS) is 22.6. The molecule has 5 rings (SSSR count). The van der Waals surface area contributed by atoms with Crippen molar-refractivity contribution >= 4 is 29.3 Å². The van der Waals surface area contributed by atoms with Gasteiger partial charge in [-0.1, -0.05) is 42.0 Å². The van der Waals surface area contributed by atoms with E-state index in [1.807, 2.05) is 79.1 Å². The predicted molar refractivity (Wildman–Crippen MR) is 123 cm³/mol. The first-order valence-electron chi connectivity index (χ1n) is 10.6. The molecule has 2 aromatic carbocycles. The number of guanidine groups is 1. The Bertz CT molecular complexity index is 1190. The maximum absolute atomic E-state index is 13.6. The zero-order valence-electron chi connectivity index (χ0n) is 18.6. The number of fused-ring (bicyclic) bond motifs is 3. The molecule has 3 amide bonds. The molecule has 3 aliphatic heterocycles. The summed E-state index contributed by atoms with van der Waals surface area (Å²) in [6, 6.07) is 14.5. The SMILES string of the molecule is CC1=C(C)N2C(=NC3C2C(=O)N(Cc2ccc(C)cc2)C(=O)N3C)N1c1ccccc1N. The summed E-state index contributed by atoms with van der Waals surface area (Å²) < 4.78 is 0. The number of carbonyl (C=O) groups excluding carboxylic acids is 2. The van der Waals surface area contributed by atoms with Crippen LogP contribution in [0.1, 0.15) is 25.0 Å². The molecule has 0 radical (unpaired) electrons. The number of likely N-dealkylation sites (N-methyl/N-ethyl adjacent to an activating group) is 1. The molecule has 8 heteroatoms. The Hall–Kier alpha value is -3.81. The summed E-state index contributed by atoms with van der Waals surface area (Å²) in [6.45, 7) is 6.20. The first kappa shape index (κ1) is 20.1. The number of aryl methyl sites for hydroxylation is 1. The van der Waals surface area contributed by atoms with Crippen LogP contribution in [0, 0.1) is 6.92 Å². The second kappa shape index (κ2) is 7.12. The van der Waals surface area contributed by atoms with E-state index in [-0.39, 0.29) is 18.5 Å². The molecule has 3 heterocycles. The van der Waals surface area contributed by atoms with Gasteiger partial charge < -0.3 is 10.6 Å². The summed E-state index contributed by atoms with van der Waals surface area (Å²) in [4.78, 5) is 38.4. The lowest BCUT2D eigenvalue weighted by molar-refractivity contribution is -0.137. The average Bonchev–Trinajstić information content (AvgIpc) is 3.27. The highest BCUT2D eigenvalue weighted by Crippen LogP contribution is 2.41. The van der Waals surface area contributed by atoms with Crippen LogP contribution < -0.4 is 10.6 Å². The van der Waals surface area contributed by atoms with Gasteiger partial charge in [-0.05, 0) is 38.5 Å². The van der Waals surface area contributed by atoms with Crippen LogP contribution in [0.4, 0.5) is 16.2 Å². The average molecular weight is 431 g/mol. The van der Waals surface area contributed by atoms with Gasteiger partial charge in [-0.15, -0.1) is 0 Å². The number of para-hydroxylation sites is 2. The molecule has 2 N–H and O–H groups in total. The van der Waals surface area contributed by atoms with Gasteiger partial charge in [-0.3, -0.25) is 19.5 Å². The van der Waals surface area contributed by atoms with Crippen molar-refractivity contribution in [3.63, 3.8) is 0 Å². The maximum Gasteiger partial charge on any atom is 0.328 e. The fourth-order valence-electron chi connectivity index (χ4n) is 4.61. The van der Waals surface area contributed by atoms with Gasteiger partial charge in [0.15, 0.2) is 12.2 Å². The number of amides is 3. The Morgan fingerprint density at radius 1 is 0.969 bits per heavy atom. The fourth-order valence-corrected chi connectivity index (χ4v) is 4.61.